The molecule has 1 aliphatic heterocycles. The second kappa shape index (κ2) is 10.5. The molecule has 148 valence electrons. The standard InChI is InChI=1S/C21H27N3O.2ClH/c1-23(2)18-11-6-10-17(14-18)20-12-7-13-24(20)21(25)15-19(22)16-8-4-3-5-9-16;;/h3-6,8-11,14,19-20H,7,12-13,15,22H2,1-2H3;2*1H. The van der Waals surface area contributed by atoms with Crippen LogP contribution in [0.2, 0.25) is 0 Å². The Morgan fingerprint density at radius 1 is 1.15 bits per heavy atom. The van der Waals surface area contributed by atoms with Crippen molar-refractivity contribution in [1.82, 2.24) is 4.90 Å². The maximum absolute atomic E-state index is 12.9. The van der Waals surface area contributed by atoms with E-state index in [1.54, 1.807) is 0 Å². The van der Waals surface area contributed by atoms with Gasteiger partial charge in [-0.1, -0.05) is 42.5 Å². The monoisotopic (exact) mass is 409 g/mol. The molecule has 3 rings (SSSR count). The molecule has 27 heavy (non-hydrogen) atoms. The molecule has 2 aromatic rings. The molecule has 2 atom stereocenters. The highest BCUT2D eigenvalue weighted by molar-refractivity contribution is 5.85. The van der Waals surface area contributed by atoms with Crippen LogP contribution in [-0.2, 0) is 4.79 Å². The Bertz CT molecular complexity index is 724. The third-order valence-electron chi connectivity index (χ3n) is 4.97. The van der Waals surface area contributed by atoms with Crippen molar-refractivity contribution in [1.29, 1.82) is 0 Å². The average Bonchev–Trinajstić information content (AvgIpc) is 3.12. The molecule has 1 fully saturated rings. The van der Waals surface area contributed by atoms with Gasteiger partial charge in [0.1, 0.15) is 0 Å². The number of nitrogens with zero attached hydrogens (tertiary/aromatic N) is 2. The van der Waals surface area contributed by atoms with Crippen molar-refractivity contribution in [3.05, 3.63) is 65.7 Å². The molecular weight excluding hydrogens is 381 g/mol. The van der Waals surface area contributed by atoms with Crippen LogP contribution >= 0.6 is 24.8 Å². The van der Waals surface area contributed by atoms with Gasteiger partial charge in [0.05, 0.1) is 6.04 Å². The van der Waals surface area contributed by atoms with E-state index in [0.29, 0.717) is 6.42 Å². The number of amides is 1. The normalized spacial score (nSPS) is 16.9. The molecule has 1 heterocycles. The van der Waals surface area contributed by atoms with Crippen LogP contribution in [0.1, 0.15) is 42.5 Å². The summed E-state index contributed by atoms with van der Waals surface area (Å²) in [6, 6.07) is 18.3. The molecule has 1 saturated heterocycles. The highest BCUT2D eigenvalue weighted by atomic mass is 35.5. The summed E-state index contributed by atoms with van der Waals surface area (Å²) in [7, 11) is 4.07. The van der Waals surface area contributed by atoms with Gasteiger partial charge >= 0.3 is 0 Å². The van der Waals surface area contributed by atoms with Gasteiger partial charge in [-0.25, -0.2) is 0 Å². The minimum absolute atomic E-state index is 0. The van der Waals surface area contributed by atoms with Crippen LogP contribution in [0.3, 0.4) is 0 Å². The summed E-state index contributed by atoms with van der Waals surface area (Å²) in [6.45, 7) is 0.817. The third kappa shape index (κ3) is 5.61. The highest BCUT2D eigenvalue weighted by Crippen LogP contribution is 2.34. The van der Waals surface area contributed by atoms with Crippen molar-refractivity contribution in [2.24, 2.45) is 5.73 Å². The molecule has 2 N–H and O–H groups in total. The van der Waals surface area contributed by atoms with Crippen LogP contribution in [0.25, 0.3) is 0 Å². The van der Waals surface area contributed by atoms with Crippen molar-refractivity contribution in [3.8, 4) is 0 Å². The van der Waals surface area contributed by atoms with E-state index in [-0.39, 0.29) is 42.8 Å². The first-order valence-corrected chi connectivity index (χ1v) is 8.93. The first kappa shape index (κ1) is 23.3. The van der Waals surface area contributed by atoms with Gasteiger partial charge in [0.25, 0.3) is 0 Å². The van der Waals surface area contributed by atoms with E-state index < -0.39 is 0 Å². The molecule has 4 nitrogen and oxygen atoms in total. The number of carbonyl (C=O) groups excluding carboxylic acids is 1. The fourth-order valence-corrected chi connectivity index (χ4v) is 3.55. The molecule has 0 radical (unpaired) electrons. The summed E-state index contributed by atoms with van der Waals surface area (Å²) in [5, 5.41) is 0. The molecule has 0 saturated carbocycles. The van der Waals surface area contributed by atoms with Gasteiger partial charge in [-0.3, -0.25) is 4.79 Å². The Labute approximate surface area is 174 Å². The quantitative estimate of drug-likeness (QED) is 0.798. The average molecular weight is 410 g/mol. The Hall–Kier alpha value is -1.75. The summed E-state index contributed by atoms with van der Waals surface area (Å²) in [6.07, 6.45) is 2.42. The smallest absolute Gasteiger partial charge is 0.224 e. The van der Waals surface area contributed by atoms with E-state index in [1.807, 2.05) is 49.3 Å². The summed E-state index contributed by atoms with van der Waals surface area (Å²) in [4.78, 5) is 17.0. The van der Waals surface area contributed by atoms with Crippen LogP contribution in [0, 0.1) is 0 Å². The zero-order chi connectivity index (χ0) is 17.8. The van der Waals surface area contributed by atoms with E-state index in [9.17, 15) is 4.79 Å². The van der Waals surface area contributed by atoms with Crippen molar-refractivity contribution >= 4 is 36.4 Å². The van der Waals surface area contributed by atoms with E-state index in [1.165, 1.54) is 5.56 Å². The highest BCUT2D eigenvalue weighted by Gasteiger charge is 2.30. The number of hydrogen-bond donors (Lipinski definition) is 1. The molecule has 1 aliphatic rings. The van der Waals surface area contributed by atoms with Crippen molar-refractivity contribution in [2.45, 2.75) is 31.3 Å². The maximum Gasteiger partial charge on any atom is 0.224 e. The summed E-state index contributed by atoms with van der Waals surface area (Å²) >= 11 is 0. The second-order valence-electron chi connectivity index (χ2n) is 6.96. The largest absolute Gasteiger partial charge is 0.378 e. The number of likely N-dealkylation sites (tertiary alicyclic amines) is 1. The number of hydrogen-bond acceptors (Lipinski definition) is 3. The topological polar surface area (TPSA) is 49.6 Å². The zero-order valence-electron chi connectivity index (χ0n) is 15.9. The summed E-state index contributed by atoms with van der Waals surface area (Å²) in [5.41, 5.74) is 9.65. The third-order valence-corrected chi connectivity index (χ3v) is 4.97. The van der Waals surface area contributed by atoms with Crippen LogP contribution in [-0.4, -0.2) is 31.4 Å². The number of rotatable bonds is 5. The number of benzene rings is 2. The van der Waals surface area contributed by atoms with Crippen molar-refractivity contribution in [3.63, 3.8) is 0 Å². The lowest BCUT2D eigenvalue weighted by Crippen LogP contribution is -2.33. The number of carbonyl (C=O) groups is 1. The minimum atomic E-state index is -0.247. The van der Waals surface area contributed by atoms with E-state index in [4.69, 9.17) is 5.73 Å². The van der Waals surface area contributed by atoms with Crippen LogP contribution in [0.15, 0.2) is 54.6 Å². The lowest BCUT2D eigenvalue weighted by molar-refractivity contribution is -0.132. The Balaban J connectivity index is 0.00000182. The molecule has 0 aromatic heterocycles. The molecule has 1 amide bonds. The minimum Gasteiger partial charge on any atom is -0.378 e. The number of nitrogens with two attached hydrogens (primary N) is 1. The van der Waals surface area contributed by atoms with Gasteiger partial charge in [0.15, 0.2) is 0 Å². The van der Waals surface area contributed by atoms with Gasteiger partial charge < -0.3 is 15.5 Å². The molecule has 0 spiro atoms. The second-order valence-corrected chi connectivity index (χ2v) is 6.96. The van der Waals surface area contributed by atoms with Crippen molar-refractivity contribution < 1.29 is 4.79 Å². The van der Waals surface area contributed by atoms with Crippen LogP contribution in [0.4, 0.5) is 5.69 Å². The fourth-order valence-electron chi connectivity index (χ4n) is 3.55. The Morgan fingerprint density at radius 2 is 1.85 bits per heavy atom. The zero-order valence-corrected chi connectivity index (χ0v) is 17.5. The number of halogens is 2. The van der Waals surface area contributed by atoms with Crippen LogP contribution in [0.5, 0.6) is 0 Å². The van der Waals surface area contributed by atoms with Gasteiger partial charge in [-0.2, -0.15) is 0 Å². The lowest BCUT2D eigenvalue weighted by Gasteiger charge is -2.27. The molecule has 0 aliphatic carbocycles. The Morgan fingerprint density at radius 3 is 2.52 bits per heavy atom. The molecule has 6 heteroatoms. The molecule has 2 aromatic carbocycles. The lowest BCUT2D eigenvalue weighted by atomic mass is 10.0. The predicted octanol–water partition coefficient (Wildman–Crippen LogP) is 4.35. The summed E-state index contributed by atoms with van der Waals surface area (Å²) in [5.74, 6) is 0.147. The first-order valence-electron chi connectivity index (χ1n) is 8.93. The SMILES string of the molecule is CN(C)c1cccc(C2CCCN2C(=O)CC(N)c2ccccc2)c1.Cl.Cl. The predicted molar refractivity (Wildman–Crippen MR) is 117 cm³/mol. The maximum atomic E-state index is 12.9. The summed E-state index contributed by atoms with van der Waals surface area (Å²) < 4.78 is 0. The first-order chi connectivity index (χ1) is 12.1. The van der Waals surface area contributed by atoms with Gasteiger partial charge in [-0.05, 0) is 36.1 Å². The molecule has 0 bridgehead atoms. The fraction of sp³-hybridized carbons (Fsp3) is 0.381. The van der Waals surface area contributed by atoms with Gasteiger partial charge in [0, 0.05) is 38.8 Å². The molecular formula is C21H29Cl2N3O. The van der Waals surface area contributed by atoms with E-state index in [2.05, 4.69) is 29.2 Å². The van der Waals surface area contributed by atoms with Crippen LogP contribution < -0.4 is 10.6 Å². The Kier molecular flexibility index (Phi) is 9.10. The van der Waals surface area contributed by atoms with E-state index >= 15 is 0 Å². The number of anilines is 1. The van der Waals surface area contributed by atoms with Gasteiger partial charge in [0.2, 0.25) is 5.91 Å². The van der Waals surface area contributed by atoms with E-state index in [0.717, 1.165) is 30.6 Å². The molecule has 2 unspecified atom stereocenters. The van der Waals surface area contributed by atoms with Crippen molar-refractivity contribution in [2.75, 3.05) is 25.5 Å². The van der Waals surface area contributed by atoms with Gasteiger partial charge in [-0.15, -0.1) is 24.8 Å².